The number of thioether (sulfide) groups is 2. The molecule has 7 heteroatoms. The Hall–Kier alpha value is -2.56. The number of nitrogens with zero attached hydrogens (tertiary/aromatic N) is 3. The predicted octanol–water partition coefficient (Wildman–Crippen LogP) is 3.62. The number of hydrogen-bond acceptors (Lipinski definition) is 6. The molecule has 3 rings (SSSR count). The normalized spacial score (nSPS) is 10.4. The van der Waals surface area contributed by atoms with Crippen molar-refractivity contribution in [1.82, 2.24) is 15.0 Å². The van der Waals surface area contributed by atoms with Crippen LogP contribution < -0.4 is 5.69 Å². The van der Waals surface area contributed by atoms with Gasteiger partial charge in [0.15, 0.2) is 10.3 Å². The van der Waals surface area contributed by atoms with Crippen LogP contribution in [0.3, 0.4) is 0 Å². The van der Waals surface area contributed by atoms with Gasteiger partial charge in [0.1, 0.15) is 0 Å². The summed E-state index contributed by atoms with van der Waals surface area (Å²) in [4.78, 5) is 22.7. The molecule has 0 unspecified atom stereocenters. The van der Waals surface area contributed by atoms with Gasteiger partial charge in [0.2, 0.25) is 0 Å². The first-order valence-corrected chi connectivity index (χ1v) is 9.47. The Balaban J connectivity index is 1.66. The number of nitrogens with one attached hydrogen (secondary N) is 1. The van der Waals surface area contributed by atoms with Crippen LogP contribution in [0.2, 0.25) is 0 Å². The number of aromatic amines is 1. The molecule has 5 nitrogen and oxygen atoms in total. The molecule has 25 heavy (non-hydrogen) atoms. The summed E-state index contributed by atoms with van der Waals surface area (Å²) >= 11 is 2.84. The van der Waals surface area contributed by atoms with E-state index in [1.54, 1.807) is 6.07 Å². The van der Waals surface area contributed by atoms with Gasteiger partial charge in [-0.25, -0.2) is 4.79 Å². The molecule has 0 fully saturated rings. The van der Waals surface area contributed by atoms with E-state index in [0.29, 0.717) is 21.6 Å². The maximum atomic E-state index is 11.8. The number of benzene rings is 2. The zero-order valence-electron chi connectivity index (χ0n) is 13.2. The van der Waals surface area contributed by atoms with E-state index in [2.05, 4.69) is 21.0 Å². The number of rotatable bonds is 6. The number of H-pyrrole nitrogens is 1. The molecular weight excluding hydrogens is 352 g/mol. The van der Waals surface area contributed by atoms with Crippen LogP contribution in [0.1, 0.15) is 16.7 Å². The van der Waals surface area contributed by atoms with Gasteiger partial charge in [0.05, 0.1) is 11.6 Å². The lowest BCUT2D eigenvalue weighted by molar-refractivity contribution is 0.766. The van der Waals surface area contributed by atoms with Crippen molar-refractivity contribution < 1.29 is 0 Å². The molecule has 1 aromatic heterocycles. The smallest absolute Gasteiger partial charge is 0.285 e. The third kappa shape index (κ3) is 5.21. The van der Waals surface area contributed by atoms with Gasteiger partial charge in [-0.05, 0) is 23.3 Å². The third-order valence-electron chi connectivity index (χ3n) is 3.25. The second-order valence-corrected chi connectivity index (χ2v) is 7.02. The van der Waals surface area contributed by atoms with Crippen molar-refractivity contribution in [2.75, 3.05) is 0 Å². The summed E-state index contributed by atoms with van der Waals surface area (Å²) < 4.78 is 0. The van der Waals surface area contributed by atoms with Crippen LogP contribution in [0.4, 0.5) is 0 Å². The molecule has 0 aliphatic rings. The van der Waals surface area contributed by atoms with Gasteiger partial charge < -0.3 is 0 Å². The number of nitriles is 1. The molecule has 0 bridgehead atoms. The van der Waals surface area contributed by atoms with Gasteiger partial charge in [-0.1, -0.05) is 66.0 Å². The van der Waals surface area contributed by atoms with E-state index >= 15 is 0 Å². The highest BCUT2D eigenvalue weighted by Gasteiger charge is 2.06. The molecule has 0 atom stereocenters. The van der Waals surface area contributed by atoms with Gasteiger partial charge in [-0.15, -0.1) is 0 Å². The zero-order chi connectivity index (χ0) is 17.5. The first-order chi connectivity index (χ1) is 12.2. The lowest BCUT2D eigenvalue weighted by Gasteiger charge is -2.04. The molecule has 0 aliphatic heterocycles. The van der Waals surface area contributed by atoms with Crippen molar-refractivity contribution in [2.24, 2.45) is 0 Å². The van der Waals surface area contributed by atoms with Gasteiger partial charge in [-0.2, -0.15) is 15.2 Å². The van der Waals surface area contributed by atoms with Crippen LogP contribution in [0, 0.1) is 11.3 Å². The summed E-state index contributed by atoms with van der Waals surface area (Å²) in [5, 5.41) is 9.93. The van der Waals surface area contributed by atoms with Crippen molar-refractivity contribution in [3.05, 3.63) is 81.8 Å². The average molecular weight is 366 g/mol. The van der Waals surface area contributed by atoms with E-state index in [9.17, 15) is 4.79 Å². The Morgan fingerprint density at radius 2 is 1.72 bits per heavy atom. The Morgan fingerprint density at radius 1 is 0.960 bits per heavy atom. The van der Waals surface area contributed by atoms with E-state index < -0.39 is 5.69 Å². The van der Waals surface area contributed by atoms with Gasteiger partial charge in [0, 0.05) is 11.5 Å². The second-order valence-electron chi connectivity index (χ2n) is 5.12. The third-order valence-corrected chi connectivity index (χ3v) is 5.11. The van der Waals surface area contributed by atoms with Crippen LogP contribution in [-0.4, -0.2) is 15.0 Å². The molecule has 0 saturated heterocycles. The van der Waals surface area contributed by atoms with Crippen LogP contribution in [0.15, 0.2) is 69.7 Å². The fraction of sp³-hybridized carbons (Fsp3) is 0.111. The van der Waals surface area contributed by atoms with E-state index in [-0.39, 0.29) is 0 Å². The minimum Gasteiger partial charge on any atom is -0.285 e. The largest absolute Gasteiger partial charge is 0.349 e. The standard InChI is InChI=1S/C18H14N4OS2/c19-10-14-7-4-8-15(9-14)12-25-18-21-16(23)20-17(22-18)24-11-13-5-2-1-3-6-13/h1-9H,11-12H2,(H,20,21,22,23). The highest BCUT2D eigenvalue weighted by molar-refractivity contribution is 7.99. The fourth-order valence-electron chi connectivity index (χ4n) is 2.08. The Morgan fingerprint density at radius 3 is 2.52 bits per heavy atom. The van der Waals surface area contributed by atoms with Crippen LogP contribution in [0.5, 0.6) is 0 Å². The second kappa shape index (κ2) is 8.51. The summed E-state index contributed by atoms with van der Waals surface area (Å²) in [6, 6.07) is 19.5. The fourth-order valence-corrected chi connectivity index (χ4v) is 3.73. The van der Waals surface area contributed by atoms with Crippen molar-refractivity contribution in [2.45, 2.75) is 21.8 Å². The monoisotopic (exact) mass is 366 g/mol. The minimum absolute atomic E-state index is 0.404. The molecule has 2 aromatic carbocycles. The molecule has 0 saturated carbocycles. The predicted molar refractivity (Wildman–Crippen MR) is 99.4 cm³/mol. The molecule has 1 heterocycles. The zero-order valence-corrected chi connectivity index (χ0v) is 14.8. The van der Waals surface area contributed by atoms with Crippen molar-refractivity contribution in [3.8, 4) is 6.07 Å². The van der Waals surface area contributed by atoms with Crippen molar-refractivity contribution in [3.63, 3.8) is 0 Å². The van der Waals surface area contributed by atoms with E-state index in [4.69, 9.17) is 5.26 Å². The van der Waals surface area contributed by atoms with Gasteiger partial charge in [0.25, 0.3) is 0 Å². The molecule has 0 radical (unpaired) electrons. The quantitative estimate of drug-likeness (QED) is 0.671. The highest BCUT2D eigenvalue weighted by atomic mass is 32.2. The summed E-state index contributed by atoms with van der Waals surface area (Å²) in [6.07, 6.45) is 0. The lowest BCUT2D eigenvalue weighted by atomic mass is 10.2. The minimum atomic E-state index is -0.404. The molecule has 0 spiro atoms. The number of hydrogen-bond donors (Lipinski definition) is 1. The highest BCUT2D eigenvalue weighted by Crippen LogP contribution is 2.22. The van der Waals surface area contributed by atoms with Gasteiger partial charge in [-0.3, -0.25) is 4.98 Å². The first kappa shape index (κ1) is 17.3. The van der Waals surface area contributed by atoms with Gasteiger partial charge >= 0.3 is 5.69 Å². The molecule has 1 N–H and O–H groups in total. The summed E-state index contributed by atoms with van der Waals surface area (Å²) in [5.41, 5.74) is 2.36. The maximum absolute atomic E-state index is 11.8. The summed E-state index contributed by atoms with van der Waals surface area (Å²) in [7, 11) is 0. The Kier molecular flexibility index (Phi) is 5.88. The van der Waals surface area contributed by atoms with Crippen LogP contribution >= 0.6 is 23.5 Å². The Bertz CT molecular complexity index is 951. The molecule has 3 aromatic rings. The maximum Gasteiger partial charge on any atom is 0.349 e. The van der Waals surface area contributed by atoms with Crippen molar-refractivity contribution in [1.29, 1.82) is 5.26 Å². The Labute approximate surface area is 153 Å². The topological polar surface area (TPSA) is 82.4 Å². The molecular formula is C18H14N4OS2. The van der Waals surface area contributed by atoms with Crippen LogP contribution in [-0.2, 0) is 11.5 Å². The average Bonchev–Trinajstić information content (AvgIpc) is 2.65. The lowest BCUT2D eigenvalue weighted by Crippen LogP contribution is -2.13. The molecule has 124 valence electrons. The SMILES string of the molecule is N#Cc1cccc(CSc2nc(SCc3ccccc3)[nH]c(=O)n2)c1. The van der Waals surface area contributed by atoms with Crippen molar-refractivity contribution >= 4 is 23.5 Å². The number of aromatic nitrogens is 3. The summed E-state index contributed by atoms with van der Waals surface area (Å²) in [6.45, 7) is 0. The molecule has 0 amide bonds. The van der Waals surface area contributed by atoms with E-state index in [0.717, 1.165) is 16.9 Å². The van der Waals surface area contributed by atoms with Crippen LogP contribution in [0.25, 0.3) is 0 Å². The van der Waals surface area contributed by atoms with E-state index in [1.807, 2.05) is 48.5 Å². The molecule has 0 aliphatic carbocycles. The van der Waals surface area contributed by atoms with E-state index in [1.165, 1.54) is 23.5 Å². The first-order valence-electron chi connectivity index (χ1n) is 7.50. The summed E-state index contributed by atoms with van der Waals surface area (Å²) in [5.74, 6) is 1.32.